The zero-order chi connectivity index (χ0) is 17.2. The maximum absolute atomic E-state index is 13.2. The summed E-state index contributed by atoms with van der Waals surface area (Å²) < 4.78 is 13.2. The van der Waals surface area contributed by atoms with Gasteiger partial charge in [0.25, 0.3) is 0 Å². The lowest BCUT2D eigenvalue weighted by Gasteiger charge is -2.21. The van der Waals surface area contributed by atoms with Crippen LogP contribution in [0.2, 0.25) is 5.02 Å². The number of nitrogens with one attached hydrogen (secondary N) is 2. The van der Waals surface area contributed by atoms with Crippen molar-refractivity contribution in [3.05, 3.63) is 29.0 Å². The monoisotopic (exact) mass is 352 g/mol. The van der Waals surface area contributed by atoms with E-state index in [2.05, 4.69) is 10.6 Å². The summed E-state index contributed by atoms with van der Waals surface area (Å²) in [5.41, 5.74) is -0.576. The summed E-state index contributed by atoms with van der Waals surface area (Å²) in [6.45, 7) is 0. The smallest absolute Gasteiger partial charge is 0.240 e. The second-order valence-electron chi connectivity index (χ2n) is 6.83. The van der Waals surface area contributed by atoms with Gasteiger partial charge in [0.1, 0.15) is 11.2 Å². The van der Waals surface area contributed by atoms with Gasteiger partial charge in [-0.25, -0.2) is 4.39 Å². The minimum absolute atomic E-state index is 0.0550. The largest absolute Gasteiger partial charge is 0.352 e. The third-order valence-electron chi connectivity index (χ3n) is 4.99. The molecule has 6 heteroatoms. The average Bonchev–Trinajstić information content (AvgIpc) is 3.36. The van der Waals surface area contributed by atoms with E-state index < -0.39 is 11.2 Å². The number of carbonyl (C=O) groups is 2. The molecule has 0 spiro atoms. The molecule has 0 unspecified atom stereocenters. The van der Waals surface area contributed by atoms with Gasteiger partial charge < -0.3 is 10.6 Å². The molecule has 0 radical (unpaired) electrons. The number of amides is 2. The fraction of sp³-hybridized carbons (Fsp3) is 0.556. The molecule has 3 rings (SSSR count). The van der Waals surface area contributed by atoms with Gasteiger partial charge in [0, 0.05) is 11.7 Å². The quantitative estimate of drug-likeness (QED) is 0.634. The van der Waals surface area contributed by atoms with Gasteiger partial charge in [0.05, 0.1) is 5.02 Å². The highest BCUT2D eigenvalue weighted by Crippen LogP contribution is 2.47. The molecule has 0 saturated heterocycles. The van der Waals surface area contributed by atoms with Crippen molar-refractivity contribution in [3.8, 4) is 0 Å². The van der Waals surface area contributed by atoms with Crippen LogP contribution in [0.3, 0.4) is 0 Å². The van der Waals surface area contributed by atoms with Gasteiger partial charge in [0.2, 0.25) is 11.8 Å². The highest BCUT2D eigenvalue weighted by Gasteiger charge is 2.56. The molecule has 0 aliphatic heterocycles. The Morgan fingerprint density at radius 2 is 1.75 bits per heavy atom. The second-order valence-corrected chi connectivity index (χ2v) is 7.23. The minimum atomic E-state index is -0.979. The molecule has 1 aromatic carbocycles. The normalized spacial score (nSPS) is 20.1. The van der Waals surface area contributed by atoms with E-state index in [0.29, 0.717) is 18.5 Å². The molecule has 24 heavy (non-hydrogen) atoms. The summed E-state index contributed by atoms with van der Waals surface area (Å²) in [5, 5.41) is 5.70. The molecule has 2 amide bonds. The van der Waals surface area contributed by atoms with E-state index in [4.69, 9.17) is 11.6 Å². The fourth-order valence-electron chi connectivity index (χ4n) is 3.25. The molecule has 0 atom stereocenters. The maximum Gasteiger partial charge on any atom is 0.240 e. The number of hydrogen-bond donors (Lipinski definition) is 2. The summed E-state index contributed by atoms with van der Waals surface area (Å²) in [6, 6.07) is 4.17. The number of benzene rings is 1. The van der Waals surface area contributed by atoms with Crippen molar-refractivity contribution in [2.45, 2.75) is 57.4 Å². The summed E-state index contributed by atoms with van der Waals surface area (Å²) >= 11 is 5.73. The van der Waals surface area contributed by atoms with Gasteiger partial charge in [0.15, 0.2) is 0 Å². The van der Waals surface area contributed by atoms with E-state index in [9.17, 15) is 14.0 Å². The molecule has 2 aliphatic rings. The van der Waals surface area contributed by atoms with Gasteiger partial charge in [-0.1, -0.05) is 37.3 Å². The molecule has 2 fully saturated rings. The van der Waals surface area contributed by atoms with Crippen molar-refractivity contribution >= 4 is 29.1 Å². The Morgan fingerprint density at radius 3 is 2.33 bits per heavy atom. The Kier molecular flexibility index (Phi) is 5.09. The Morgan fingerprint density at radius 1 is 1.08 bits per heavy atom. The first-order chi connectivity index (χ1) is 11.5. The molecule has 130 valence electrons. The van der Waals surface area contributed by atoms with E-state index in [1.54, 1.807) is 0 Å². The SMILES string of the molecule is O=C(Nc1ccc(F)c(Cl)c1)C1(C(=O)NC2CCCCCC2)CC1. The molecule has 0 heterocycles. The van der Waals surface area contributed by atoms with Crippen LogP contribution in [0.1, 0.15) is 51.4 Å². The van der Waals surface area contributed by atoms with Crippen LogP contribution in [-0.4, -0.2) is 17.9 Å². The molecule has 4 nitrogen and oxygen atoms in total. The van der Waals surface area contributed by atoms with Gasteiger partial charge in [-0.3, -0.25) is 9.59 Å². The van der Waals surface area contributed by atoms with Crippen LogP contribution in [-0.2, 0) is 9.59 Å². The van der Waals surface area contributed by atoms with Crippen LogP contribution in [0.25, 0.3) is 0 Å². The molecule has 2 N–H and O–H groups in total. The Bertz CT molecular complexity index is 638. The van der Waals surface area contributed by atoms with Crippen molar-refractivity contribution in [1.82, 2.24) is 5.32 Å². The molecule has 2 saturated carbocycles. The first-order valence-corrected chi connectivity index (χ1v) is 8.96. The van der Waals surface area contributed by atoms with Crippen LogP contribution < -0.4 is 10.6 Å². The Labute approximate surface area is 146 Å². The lowest BCUT2D eigenvalue weighted by Crippen LogP contribution is -2.44. The zero-order valence-electron chi connectivity index (χ0n) is 13.5. The Balaban J connectivity index is 1.62. The van der Waals surface area contributed by atoms with Crippen molar-refractivity contribution in [1.29, 1.82) is 0 Å². The number of carbonyl (C=O) groups excluding carboxylic acids is 2. The third kappa shape index (κ3) is 3.72. The number of rotatable bonds is 4. The Hall–Kier alpha value is -1.62. The van der Waals surface area contributed by atoms with E-state index in [0.717, 1.165) is 25.7 Å². The van der Waals surface area contributed by atoms with Crippen LogP contribution in [0.5, 0.6) is 0 Å². The van der Waals surface area contributed by atoms with Gasteiger partial charge in [-0.15, -0.1) is 0 Å². The highest BCUT2D eigenvalue weighted by molar-refractivity contribution is 6.31. The van der Waals surface area contributed by atoms with Crippen LogP contribution in [0, 0.1) is 11.2 Å². The number of halogens is 2. The molecular formula is C18H22ClFN2O2. The maximum atomic E-state index is 13.2. The van der Waals surface area contributed by atoms with Crippen molar-refractivity contribution in [2.24, 2.45) is 5.41 Å². The zero-order valence-corrected chi connectivity index (χ0v) is 14.3. The van der Waals surface area contributed by atoms with Crippen LogP contribution >= 0.6 is 11.6 Å². The highest BCUT2D eigenvalue weighted by atomic mass is 35.5. The molecule has 0 aromatic heterocycles. The number of hydrogen-bond acceptors (Lipinski definition) is 2. The molecule has 0 bridgehead atoms. The van der Waals surface area contributed by atoms with E-state index in [-0.39, 0.29) is 22.9 Å². The van der Waals surface area contributed by atoms with Crippen LogP contribution in [0.15, 0.2) is 18.2 Å². The first kappa shape index (κ1) is 17.2. The van der Waals surface area contributed by atoms with E-state index in [1.807, 2.05) is 0 Å². The first-order valence-electron chi connectivity index (χ1n) is 8.59. The van der Waals surface area contributed by atoms with Crippen molar-refractivity contribution in [3.63, 3.8) is 0 Å². The second kappa shape index (κ2) is 7.09. The fourth-order valence-corrected chi connectivity index (χ4v) is 3.43. The van der Waals surface area contributed by atoms with Gasteiger partial charge >= 0.3 is 0 Å². The predicted molar refractivity (Wildman–Crippen MR) is 91.3 cm³/mol. The lowest BCUT2D eigenvalue weighted by molar-refractivity contribution is -0.134. The van der Waals surface area contributed by atoms with E-state index >= 15 is 0 Å². The molecular weight excluding hydrogens is 331 g/mol. The lowest BCUT2D eigenvalue weighted by atomic mass is 10.0. The molecule has 1 aromatic rings. The summed E-state index contributed by atoms with van der Waals surface area (Å²) in [7, 11) is 0. The van der Waals surface area contributed by atoms with Gasteiger partial charge in [-0.2, -0.15) is 0 Å². The number of anilines is 1. The van der Waals surface area contributed by atoms with E-state index in [1.165, 1.54) is 31.0 Å². The topological polar surface area (TPSA) is 58.2 Å². The third-order valence-corrected chi connectivity index (χ3v) is 5.28. The minimum Gasteiger partial charge on any atom is -0.352 e. The van der Waals surface area contributed by atoms with Crippen molar-refractivity contribution in [2.75, 3.05) is 5.32 Å². The van der Waals surface area contributed by atoms with Crippen molar-refractivity contribution < 1.29 is 14.0 Å². The summed E-state index contributed by atoms with van der Waals surface area (Å²) in [6.07, 6.45) is 7.73. The summed E-state index contributed by atoms with van der Waals surface area (Å²) in [5.74, 6) is -1.06. The summed E-state index contributed by atoms with van der Waals surface area (Å²) in [4.78, 5) is 25.1. The molecule has 2 aliphatic carbocycles. The van der Waals surface area contributed by atoms with Gasteiger partial charge in [-0.05, 0) is 43.9 Å². The van der Waals surface area contributed by atoms with Crippen LogP contribution in [0.4, 0.5) is 10.1 Å². The standard InChI is InChI=1S/C18H22ClFN2O2/c19-14-11-13(7-8-15(14)20)22-17(24)18(9-10-18)16(23)21-12-5-3-1-2-4-6-12/h7-8,11-12H,1-6,9-10H2,(H,21,23)(H,22,24). The average molecular weight is 353 g/mol. The predicted octanol–water partition coefficient (Wildman–Crippen LogP) is 4.04.